The Morgan fingerprint density at radius 1 is 1.53 bits per heavy atom. The molecule has 0 saturated carbocycles. The number of carbonyl (C=O) groups is 2. The van der Waals surface area contributed by atoms with E-state index in [2.05, 4.69) is 4.74 Å². The Balaban J connectivity index is 2.94. The molecule has 0 radical (unpaired) electrons. The van der Waals surface area contributed by atoms with Gasteiger partial charge in [-0.25, -0.2) is 9.59 Å². The van der Waals surface area contributed by atoms with Crippen LogP contribution in [0.1, 0.15) is 32.6 Å². The van der Waals surface area contributed by atoms with Gasteiger partial charge in [-0.2, -0.15) is 0 Å². The van der Waals surface area contributed by atoms with Crippen LogP contribution in [0.15, 0.2) is 0 Å². The number of methoxy groups -OCH3 is 1. The zero-order chi connectivity index (χ0) is 11.5. The average molecular weight is 215 g/mol. The summed E-state index contributed by atoms with van der Waals surface area (Å²) in [6, 6.07) is 0. The number of hydrogen-bond acceptors (Lipinski definition) is 3. The van der Waals surface area contributed by atoms with Gasteiger partial charge in [0.25, 0.3) is 0 Å². The zero-order valence-electron chi connectivity index (χ0n) is 9.15. The van der Waals surface area contributed by atoms with Crippen molar-refractivity contribution in [2.45, 2.75) is 38.1 Å². The van der Waals surface area contributed by atoms with Gasteiger partial charge in [0.05, 0.1) is 7.11 Å². The van der Waals surface area contributed by atoms with Crippen molar-refractivity contribution in [2.24, 2.45) is 0 Å². The molecule has 1 unspecified atom stereocenters. The lowest BCUT2D eigenvalue weighted by molar-refractivity contribution is -0.149. The standard InChI is InChI=1S/C10H17NO4/c1-3-5-10(8(12)13)6-4-7-11(10)9(14)15-2/h3-7H2,1-2H3,(H,12,13). The molecule has 5 nitrogen and oxygen atoms in total. The van der Waals surface area contributed by atoms with Gasteiger partial charge < -0.3 is 9.84 Å². The normalized spacial score (nSPS) is 25.3. The van der Waals surface area contributed by atoms with Crippen LogP contribution in [0.3, 0.4) is 0 Å². The fourth-order valence-corrected chi connectivity index (χ4v) is 2.26. The average Bonchev–Trinajstić information content (AvgIpc) is 2.62. The number of hydrogen-bond donors (Lipinski definition) is 1. The van der Waals surface area contributed by atoms with Crippen molar-refractivity contribution in [3.05, 3.63) is 0 Å². The molecule has 15 heavy (non-hydrogen) atoms. The molecule has 0 bridgehead atoms. The Labute approximate surface area is 89.0 Å². The molecule has 1 N–H and O–H groups in total. The summed E-state index contributed by atoms with van der Waals surface area (Å²) in [6.07, 6.45) is 1.92. The van der Waals surface area contributed by atoms with Gasteiger partial charge in [-0.05, 0) is 19.3 Å². The summed E-state index contributed by atoms with van der Waals surface area (Å²) in [5.41, 5.74) is -1.04. The number of nitrogens with zero attached hydrogens (tertiary/aromatic N) is 1. The minimum absolute atomic E-state index is 0.471. The molecule has 86 valence electrons. The number of aliphatic carboxylic acids is 1. The molecule has 1 amide bonds. The monoisotopic (exact) mass is 215 g/mol. The Bertz CT molecular complexity index is 264. The van der Waals surface area contributed by atoms with Gasteiger partial charge >= 0.3 is 12.1 Å². The van der Waals surface area contributed by atoms with Crippen LogP contribution in [-0.2, 0) is 9.53 Å². The first-order valence-corrected chi connectivity index (χ1v) is 5.17. The van der Waals surface area contributed by atoms with E-state index in [1.165, 1.54) is 12.0 Å². The smallest absolute Gasteiger partial charge is 0.410 e. The molecule has 1 heterocycles. The molecular weight excluding hydrogens is 198 g/mol. The van der Waals surface area contributed by atoms with Crippen LogP contribution in [-0.4, -0.2) is 41.3 Å². The van der Waals surface area contributed by atoms with Crippen molar-refractivity contribution in [1.29, 1.82) is 0 Å². The van der Waals surface area contributed by atoms with Crippen LogP contribution < -0.4 is 0 Å². The molecule has 1 saturated heterocycles. The molecule has 1 aliphatic heterocycles. The van der Waals surface area contributed by atoms with E-state index in [1.54, 1.807) is 0 Å². The first kappa shape index (κ1) is 11.8. The van der Waals surface area contributed by atoms with Gasteiger partial charge in [-0.1, -0.05) is 13.3 Å². The highest BCUT2D eigenvalue weighted by Gasteiger charge is 2.49. The SMILES string of the molecule is CCCC1(C(=O)O)CCCN1C(=O)OC. The number of rotatable bonds is 3. The number of carboxylic acids is 1. The highest BCUT2D eigenvalue weighted by atomic mass is 16.5. The van der Waals surface area contributed by atoms with Crippen LogP contribution in [0.4, 0.5) is 4.79 Å². The molecule has 1 fully saturated rings. The van der Waals surface area contributed by atoms with E-state index in [9.17, 15) is 14.7 Å². The van der Waals surface area contributed by atoms with Crippen LogP contribution >= 0.6 is 0 Å². The third-order valence-electron chi connectivity index (χ3n) is 2.95. The third kappa shape index (κ3) is 1.91. The van der Waals surface area contributed by atoms with Crippen LogP contribution in [0, 0.1) is 0 Å². The van der Waals surface area contributed by atoms with E-state index < -0.39 is 17.6 Å². The van der Waals surface area contributed by atoms with Gasteiger partial charge in [0.1, 0.15) is 5.54 Å². The van der Waals surface area contributed by atoms with E-state index in [4.69, 9.17) is 0 Å². The van der Waals surface area contributed by atoms with Crippen molar-refractivity contribution in [1.82, 2.24) is 4.90 Å². The van der Waals surface area contributed by atoms with Gasteiger partial charge in [0.2, 0.25) is 0 Å². The van der Waals surface area contributed by atoms with Crippen molar-refractivity contribution < 1.29 is 19.4 Å². The molecule has 0 aromatic heterocycles. The summed E-state index contributed by atoms with van der Waals surface area (Å²) in [5.74, 6) is -0.924. The number of likely N-dealkylation sites (tertiary alicyclic amines) is 1. The highest BCUT2D eigenvalue weighted by molar-refractivity contribution is 5.85. The van der Waals surface area contributed by atoms with Gasteiger partial charge in [-0.15, -0.1) is 0 Å². The Morgan fingerprint density at radius 2 is 2.20 bits per heavy atom. The van der Waals surface area contributed by atoms with Gasteiger partial charge in [0, 0.05) is 6.54 Å². The Kier molecular flexibility index (Phi) is 3.55. The molecule has 0 aliphatic carbocycles. The maximum absolute atomic E-state index is 11.4. The van der Waals surface area contributed by atoms with E-state index in [0.29, 0.717) is 19.4 Å². The van der Waals surface area contributed by atoms with Crippen molar-refractivity contribution in [3.8, 4) is 0 Å². The summed E-state index contributed by atoms with van der Waals surface area (Å²) < 4.78 is 4.61. The second-order valence-electron chi connectivity index (χ2n) is 3.81. The molecule has 1 atom stereocenters. The fourth-order valence-electron chi connectivity index (χ4n) is 2.26. The molecule has 0 spiro atoms. The summed E-state index contributed by atoms with van der Waals surface area (Å²) in [7, 11) is 1.28. The number of carbonyl (C=O) groups excluding carboxylic acids is 1. The Morgan fingerprint density at radius 3 is 2.67 bits per heavy atom. The van der Waals surface area contributed by atoms with Crippen molar-refractivity contribution >= 4 is 12.1 Å². The molecule has 0 aromatic rings. The number of amides is 1. The lowest BCUT2D eigenvalue weighted by Gasteiger charge is -2.33. The second-order valence-corrected chi connectivity index (χ2v) is 3.81. The summed E-state index contributed by atoms with van der Waals surface area (Å²) >= 11 is 0. The molecule has 1 aliphatic rings. The summed E-state index contributed by atoms with van der Waals surface area (Å²) in [5, 5.41) is 9.26. The van der Waals surface area contributed by atoms with Crippen molar-refractivity contribution in [2.75, 3.05) is 13.7 Å². The first-order chi connectivity index (χ1) is 7.08. The second kappa shape index (κ2) is 4.51. The largest absolute Gasteiger partial charge is 0.479 e. The number of carboxylic acid groups (broad SMARTS) is 1. The van der Waals surface area contributed by atoms with Crippen molar-refractivity contribution in [3.63, 3.8) is 0 Å². The lowest BCUT2D eigenvalue weighted by Crippen LogP contribution is -2.53. The predicted octanol–water partition coefficient (Wildman–Crippen LogP) is 1.47. The van der Waals surface area contributed by atoms with Crippen LogP contribution in [0.5, 0.6) is 0 Å². The molecule has 1 rings (SSSR count). The maximum Gasteiger partial charge on any atom is 0.410 e. The van der Waals surface area contributed by atoms with E-state index >= 15 is 0 Å². The topological polar surface area (TPSA) is 66.8 Å². The molecule has 5 heteroatoms. The quantitative estimate of drug-likeness (QED) is 0.774. The molecule has 0 aromatic carbocycles. The van der Waals surface area contributed by atoms with E-state index in [0.717, 1.165) is 12.8 Å². The number of ether oxygens (including phenoxy) is 1. The van der Waals surface area contributed by atoms with E-state index in [-0.39, 0.29) is 0 Å². The minimum atomic E-state index is -1.04. The predicted molar refractivity (Wildman–Crippen MR) is 53.6 cm³/mol. The zero-order valence-corrected chi connectivity index (χ0v) is 9.15. The minimum Gasteiger partial charge on any atom is -0.479 e. The lowest BCUT2D eigenvalue weighted by atomic mass is 9.91. The Hall–Kier alpha value is -1.26. The van der Waals surface area contributed by atoms with Crippen LogP contribution in [0.25, 0.3) is 0 Å². The van der Waals surface area contributed by atoms with Gasteiger partial charge in [-0.3, -0.25) is 4.90 Å². The maximum atomic E-state index is 11.4. The highest BCUT2D eigenvalue weighted by Crippen LogP contribution is 2.34. The first-order valence-electron chi connectivity index (χ1n) is 5.17. The van der Waals surface area contributed by atoms with Crippen LogP contribution in [0.2, 0.25) is 0 Å². The molecular formula is C10H17NO4. The summed E-state index contributed by atoms with van der Waals surface area (Å²) in [6.45, 7) is 2.39. The third-order valence-corrected chi connectivity index (χ3v) is 2.95. The summed E-state index contributed by atoms with van der Waals surface area (Å²) in [4.78, 5) is 24.1. The van der Waals surface area contributed by atoms with E-state index in [1.807, 2.05) is 6.92 Å². The van der Waals surface area contributed by atoms with Gasteiger partial charge in [0.15, 0.2) is 0 Å². The fraction of sp³-hybridized carbons (Fsp3) is 0.800.